The van der Waals surface area contributed by atoms with Gasteiger partial charge >= 0.3 is 12.1 Å². The van der Waals surface area contributed by atoms with E-state index in [1.165, 1.54) is 14.2 Å². The van der Waals surface area contributed by atoms with Crippen LogP contribution in [0.4, 0.5) is 4.79 Å². The van der Waals surface area contributed by atoms with Gasteiger partial charge in [0.2, 0.25) is 0 Å². The lowest BCUT2D eigenvalue weighted by Crippen LogP contribution is -2.13. The van der Waals surface area contributed by atoms with Gasteiger partial charge in [-0.15, -0.1) is 0 Å². The van der Waals surface area contributed by atoms with E-state index in [0.29, 0.717) is 12.2 Å². The Morgan fingerprint density at radius 1 is 1.11 bits per heavy atom. The summed E-state index contributed by atoms with van der Waals surface area (Å²) < 4.78 is 19.3. The molecule has 1 aromatic carbocycles. The molecule has 0 aliphatic carbocycles. The van der Waals surface area contributed by atoms with Crippen LogP contribution in [0, 0.1) is 0 Å². The Bertz CT molecular complexity index is 429. The molecule has 1 rings (SSSR count). The van der Waals surface area contributed by atoms with E-state index in [1.807, 2.05) is 0 Å². The zero-order valence-electron chi connectivity index (χ0n) is 10.9. The van der Waals surface area contributed by atoms with Crippen molar-refractivity contribution in [3.63, 3.8) is 0 Å². The normalized spacial score (nSPS) is 9.58. The predicted molar refractivity (Wildman–Crippen MR) is 66.2 cm³/mol. The number of rotatable bonds is 6. The average Bonchev–Trinajstić information content (AvgIpc) is 2.43. The van der Waals surface area contributed by atoms with Gasteiger partial charge in [-0.05, 0) is 18.6 Å². The van der Waals surface area contributed by atoms with Gasteiger partial charge in [-0.3, -0.25) is 4.79 Å². The van der Waals surface area contributed by atoms with Gasteiger partial charge in [-0.2, -0.15) is 0 Å². The molecule has 0 saturated carbocycles. The second-order valence-corrected chi connectivity index (χ2v) is 3.53. The van der Waals surface area contributed by atoms with Crippen molar-refractivity contribution in [1.29, 1.82) is 0 Å². The fraction of sp³-hybridized carbons (Fsp3) is 0.385. The summed E-state index contributed by atoms with van der Waals surface area (Å²) in [5.41, 5.74) is 0. The smallest absolute Gasteiger partial charge is 0.493 e. The van der Waals surface area contributed by atoms with E-state index in [1.54, 1.807) is 24.3 Å². The van der Waals surface area contributed by atoms with Crippen LogP contribution in [0.1, 0.15) is 12.8 Å². The van der Waals surface area contributed by atoms with Gasteiger partial charge in [0, 0.05) is 6.42 Å². The molecule has 0 spiro atoms. The van der Waals surface area contributed by atoms with Crippen molar-refractivity contribution in [2.24, 2.45) is 0 Å². The maximum atomic E-state index is 11.4. The van der Waals surface area contributed by atoms with Crippen LogP contribution in [0.2, 0.25) is 0 Å². The molecule has 0 radical (unpaired) electrons. The number of methoxy groups -OCH3 is 2. The van der Waals surface area contributed by atoms with Gasteiger partial charge in [-0.1, -0.05) is 12.1 Å². The Balaban J connectivity index is 2.33. The summed E-state index contributed by atoms with van der Waals surface area (Å²) in [4.78, 5) is 22.2. The molecule has 0 unspecified atom stereocenters. The highest BCUT2D eigenvalue weighted by Crippen LogP contribution is 2.25. The molecule has 0 atom stereocenters. The third-order valence-corrected chi connectivity index (χ3v) is 2.24. The number of esters is 1. The molecule has 0 amide bonds. The molecular weight excluding hydrogens is 252 g/mol. The van der Waals surface area contributed by atoms with E-state index in [-0.39, 0.29) is 24.7 Å². The third-order valence-electron chi connectivity index (χ3n) is 2.24. The van der Waals surface area contributed by atoms with Gasteiger partial charge in [0.1, 0.15) is 0 Å². The van der Waals surface area contributed by atoms with Crippen molar-refractivity contribution < 1.29 is 28.5 Å². The predicted octanol–water partition coefficient (Wildman–Crippen LogP) is 2.16. The monoisotopic (exact) mass is 268 g/mol. The Kier molecular flexibility index (Phi) is 6.21. The summed E-state index contributed by atoms with van der Waals surface area (Å²) in [6.45, 7) is 0.0864. The number of para-hydroxylation sites is 2. The van der Waals surface area contributed by atoms with E-state index < -0.39 is 6.16 Å². The van der Waals surface area contributed by atoms with Gasteiger partial charge in [0.15, 0.2) is 11.5 Å². The van der Waals surface area contributed by atoms with Crippen LogP contribution in [0.3, 0.4) is 0 Å². The van der Waals surface area contributed by atoms with Crippen LogP contribution in [-0.2, 0) is 14.3 Å². The molecule has 0 N–H and O–H groups in total. The highest BCUT2D eigenvalue weighted by Gasteiger charge is 2.10. The maximum absolute atomic E-state index is 11.4. The number of hydrogen-bond acceptors (Lipinski definition) is 6. The topological polar surface area (TPSA) is 71.1 Å². The van der Waals surface area contributed by atoms with E-state index in [4.69, 9.17) is 14.2 Å². The fourth-order valence-corrected chi connectivity index (χ4v) is 1.30. The molecule has 0 heterocycles. The minimum absolute atomic E-state index is 0.0864. The van der Waals surface area contributed by atoms with E-state index in [9.17, 15) is 9.59 Å². The van der Waals surface area contributed by atoms with Gasteiger partial charge in [0.25, 0.3) is 0 Å². The summed E-state index contributed by atoms with van der Waals surface area (Å²) in [6.07, 6.45) is -0.263. The number of hydrogen-bond donors (Lipinski definition) is 0. The third kappa shape index (κ3) is 5.29. The second kappa shape index (κ2) is 7.97. The van der Waals surface area contributed by atoms with E-state index >= 15 is 0 Å². The first kappa shape index (κ1) is 14.8. The first-order valence-electron chi connectivity index (χ1n) is 5.71. The molecule has 1 aromatic rings. The molecule has 0 aromatic heterocycles. The Morgan fingerprint density at radius 2 is 1.79 bits per heavy atom. The first-order valence-corrected chi connectivity index (χ1v) is 5.71. The standard InChI is InChI=1S/C13H16O6/c1-16-10-6-3-4-7-11(10)19-13(15)18-9-5-8-12(14)17-2/h3-4,6-7H,5,8-9H2,1-2H3. The summed E-state index contributed by atoms with van der Waals surface area (Å²) >= 11 is 0. The SMILES string of the molecule is COC(=O)CCCOC(=O)Oc1ccccc1OC. The van der Waals surface area contributed by atoms with Crippen LogP contribution >= 0.6 is 0 Å². The molecule has 0 bridgehead atoms. The highest BCUT2D eigenvalue weighted by atomic mass is 16.7. The van der Waals surface area contributed by atoms with Crippen LogP contribution in [-0.4, -0.2) is 33.0 Å². The zero-order chi connectivity index (χ0) is 14.1. The average molecular weight is 268 g/mol. The Hall–Kier alpha value is -2.24. The lowest BCUT2D eigenvalue weighted by atomic mass is 10.3. The van der Waals surface area contributed by atoms with Crippen LogP contribution in [0.15, 0.2) is 24.3 Å². The summed E-state index contributed by atoms with van der Waals surface area (Å²) in [5.74, 6) is 0.374. The number of carbonyl (C=O) groups excluding carboxylic acids is 2. The lowest BCUT2D eigenvalue weighted by molar-refractivity contribution is -0.140. The Labute approximate surface area is 111 Å². The number of benzene rings is 1. The molecule has 0 aliphatic heterocycles. The fourth-order valence-electron chi connectivity index (χ4n) is 1.30. The molecule has 0 fully saturated rings. The lowest BCUT2D eigenvalue weighted by Gasteiger charge is -2.08. The highest BCUT2D eigenvalue weighted by molar-refractivity contribution is 5.69. The minimum atomic E-state index is -0.839. The van der Waals surface area contributed by atoms with E-state index in [2.05, 4.69) is 4.74 Å². The Morgan fingerprint density at radius 3 is 2.42 bits per heavy atom. The van der Waals surface area contributed by atoms with Crippen LogP contribution in [0.5, 0.6) is 11.5 Å². The van der Waals surface area contributed by atoms with Gasteiger partial charge in [-0.25, -0.2) is 4.79 Å². The van der Waals surface area contributed by atoms with E-state index in [0.717, 1.165) is 0 Å². The quantitative estimate of drug-likeness (QED) is 0.447. The molecular formula is C13H16O6. The number of carbonyl (C=O) groups is 2. The molecule has 0 saturated heterocycles. The molecule has 19 heavy (non-hydrogen) atoms. The van der Waals surface area contributed by atoms with Crippen molar-refractivity contribution in [2.45, 2.75) is 12.8 Å². The summed E-state index contributed by atoms with van der Waals surface area (Å²) in [7, 11) is 2.78. The van der Waals surface area contributed by atoms with Crippen molar-refractivity contribution in [3.8, 4) is 11.5 Å². The number of ether oxygens (including phenoxy) is 4. The van der Waals surface area contributed by atoms with Crippen molar-refractivity contribution in [2.75, 3.05) is 20.8 Å². The maximum Gasteiger partial charge on any atom is 0.513 e. The molecule has 6 nitrogen and oxygen atoms in total. The van der Waals surface area contributed by atoms with Crippen molar-refractivity contribution in [3.05, 3.63) is 24.3 Å². The largest absolute Gasteiger partial charge is 0.513 e. The van der Waals surface area contributed by atoms with Crippen LogP contribution in [0.25, 0.3) is 0 Å². The zero-order valence-corrected chi connectivity index (χ0v) is 10.9. The summed E-state index contributed by atoms with van der Waals surface area (Å²) in [6, 6.07) is 6.73. The van der Waals surface area contributed by atoms with Crippen LogP contribution < -0.4 is 9.47 Å². The second-order valence-electron chi connectivity index (χ2n) is 3.53. The van der Waals surface area contributed by atoms with Crippen molar-refractivity contribution >= 4 is 12.1 Å². The van der Waals surface area contributed by atoms with Gasteiger partial charge < -0.3 is 18.9 Å². The molecule has 6 heteroatoms. The molecule has 104 valence electrons. The molecule has 0 aliphatic rings. The summed E-state index contributed by atoms with van der Waals surface area (Å²) in [5, 5.41) is 0. The van der Waals surface area contributed by atoms with Crippen molar-refractivity contribution in [1.82, 2.24) is 0 Å². The van der Waals surface area contributed by atoms with Gasteiger partial charge in [0.05, 0.1) is 20.8 Å². The minimum Gasteiger partial charge on any atom is -0.493 e. The first-order chi connectivity index (χ1) is 9.17.